The molecule has 0 aromatic heterocycles. The van der Waals surface area contributed by atoms with Gasteiger partial charge < -0.3 is 15.3 Å². The van der Waals surface area contributed by atoms with E-state index in [9.17, 15) is 15.3 Å². The van der Waals surface area contributed by atoms with Crippen LogP contribution in [0.15, 0.2) is 11.6 Å². The standard InChI is InChI=1S/C21H34O3/c1-12-8-15-16-4-5-19(24)20(16,3)7-6-17(15)21(11-22)13(2)9-14(23)10-18(12)21/h10,12-17,19,22-24H,4-9,11H2,1-3H3/t12-,13-,14-,15-,16-,17-,19-,20-,21+/m0/s1. The Morgan fingerprint density at radius 3 is 2.54 bits per heavy atom. The maximum Gasteiger partial charge on any atom is 0.0726 e. The molecule has 9 atom stereocenters. The molecule has 4 aliphatic carbocycles. The molecule has 0 unspecified atom stereocenters. The molecule has 0 spiro atoms. The van der Waals surface area contributed by atoms with Gasteiger partial charge in [-0.05, 0) is 73.5 Å². The van der Waals surface area contributed by atoms with Gasteiger partial charge in [-0.25, -0.2) is 0 Å². The Bertz CT molecular complexity index is 543. The van der Waals surface area contributed by atoms with Gasteiger partial charge in [-0.1, -0.05) is 32.4 Å². The van der Waals surface area contributed by atoms with Gasteiger partial charge >= 0.3 is 0 Å². The summed E-state index contributed by atoms with van der Waals surface area (Å²) in [5.74, 6) is 2.46. The van der Waals surface area contributed by atoms with Crippen LogP contribution in [0.1, 0.15) is 59.3 Å². The first-order chi connectivity index (χ1) is 11.3. The molecule has 0 aliphatic heterocycles. The van der Waals surface area contributed by atoms with Gasteiger partial charge in [0.2, 0.25) is 0 Å². The summed E-state index contributed by atoms with van der Waals surface area (Å²) in [6.45, 7) is 7.04. The average Bonchev–Trinajstić information content (AvgIpc) is 2.84. The zero-order valence-corrected chi connectivity index (χ0v) is 15.4. The second-order valence-corrected chi connectivity index (χ2v) is 9.68. The zero-order valence-electron chi connectivity index (χ0n) is 15.4. The minimum Gasteiger partial charge on any atom is -0.395 e. The van der Waals surface area contributed by atoms with Crippen molar-refractivity contribution in [1.82, 2.24) is 0 Å². The molecule has 4 aliphatic rings. The predicted octanol–water partition coefficient (Wildman–Crippen LogP) is 3.14. The van der Waals surface area contributed by atoms with Crippen LogP contribution in [0.25, 0.3) is 0 Å². The highest BCUT2D eigenvalue weighted by Crippen LogP contribution is 2.67. The third kappa shape index (κ3) is 2.01. The molecule has 3 fully saturated rings. The summed E-state index contributed by atoms with van der Waals surface area (Å²) in [6.07, 6.45) is 7.79. The monoisotopic (exact) mass is 334 g/mol. The van der Waals surface area contributed by atoms with Crippen molar-refractivity contribution in [3.63, 3.8) is 0 Å². The van der Waals surface area contributed by atoms with Crippen molar-refractivity contribution in [3.8, 4) is 0 Å². The van der Waals surface area contributed by atoms with E-state index in [1.54, 1.807) is 0 Å². The first-order valence-electron chi connectivity index (χ1n) is 10.0. The molecule has 3 N–H and O–H groups in total. The SMILES string of the molecule is C[C@H]1C[C@H]2[C@@H]3CC[C@H](O)[C@@]3(C)CC[C@@H]2[C@]2(CO)C1=C[C@@H](O)C[C@@H]2C. The van der Waals surface area contributed by atoms with Crippen LogP contribution in [0.4, 0.5) is 0 Å². The first-order valence-corrected chi connectivity index (χ1v) is 10.0. The third-order valence-corrected chi connectivity index (χ3v) is 8.85. The number of fused-ring (bicyclic) bond motifs is 5. The van der Waals surface area contributed by atoms with Crippen LogP contribution < -0.4 is 0 Å². The van der Waals surface area contributed by atoms with Crippen LogP contribution in [-0.4, -0.2) is 34.1 Å². The lowest BCUT2D eigenvalue weighted by atomic mass is 9.43. The number of aliphatic hydroxyl groups excluding tert-OH is 3. The van der Waals surface area contributed by atoms with E-state index in [0.29, 0.717) is 29.6 Å². The van der Waals surface area contributed by atoms with E-state index >= 15 is 0 Å². The molecule has 0 saturated heterocycles. The lowest BCUT2D eigenvalue weighted by molar-refractivity contribution is -0.118. The van der Waals surface area contributed by atoms with Crippen LogP contribution in [-0.2, 0) is 0 Å². The molecule has 3 heteroatoms. The minimum atomic E-state index is -0.351. The number of aliphatic hydroxyl groups is 3. The van der Waals surface area contributed by atoms with Gasteiger partial charge in [0.1, 0.15) is 0 Å². The second-order valence-electron chi connectivity index (χ2n) is 9.68. The van der Waals surface area contributed by atoms with E-state index in [-0.39, 0.29) is 29.6 Å². The highest BCUT2D eigenvalue weighted by Gasteiger charge is 2.62. The van der Waals surface area contributed by atoms with Crippen molar-refractivity contribution >= 4 is 0 Å². The highest BCUT2D eigenvalue weighted by molar-refractivity contribution is 5.30. The van der Waals surface area contributed by atoms with Crippen molar-refractivity contribution in [2.45, 2.75) is 71.5 Å². The molecule has 3 nitrogen and oxygen atoms in total. The average molecular weight is 334 g/mol. The Morgan fingerprint density at radius 1 is 1.08 bits per heavy atom. The Morgan fingerprint density at radius 2 is 1.83 bits per heavy atom. The van der Waals surface area contributed by atoms with Crippen LogP contribution in [0.5, 0.6) is 0 Å². The summed E-state index contributed by atoms with van der Waals surface area (Å²) in [7, 11) is 0. The Hall–Kier alpha value is -0.380. The lowest BCUT2D eigenvalue weighted by Crippen LogP contribution is -2.58. The fraction of sp³-hybridized carbons (Fsp3) is 0.905. The topological polar surface area (TPSA) is 60.7 Å². The van der Waals surface area contributed by atoms with Gasteiger partial charge in [-0.3, -0.25) is 0 Å². The molecule has 136 valence electrons. The van der Waals surface area contributed by atoms with Crippen LogP contribution in [0, 0.1) is 40.4 Å². The van der Waals surface area contributed by atoms with Crippen molar-refractivity contribution in [3.05, 3.63) is 11.6 Å². The Balaban J connectivity index is 1.78. The molecule has 0 radical (unpaired) electrons. The molecule has 24 heavy (non-hydrogen) atoms. The number of hydrogen-bond acceptors (Lipinski definition) is 3. The van der Waals surface area contributed by atoms with Gasteiger partial charge in [-0.2, -0.15) is 0 Å². The summed E-state index contributed by atoms with van der Waals surface area (Å²) in [6, 6.07) is 0. The third-order valence-electron chi connectivity index (χ3n) is 8.85. The minimum absolute atomic E-state index is 0.0795. The molecular weight excluding hydrogens is 300 g/mol. The Kier molecular flexibility index (Phi) is 3.95. The van der Waals surface area contributed by atoms with Gasteiger partial charge in [0.25, 0.3) is 0 Å². The van der Waals surface area contributed by atoms with Crippen LogP contribution >= 0.6 is 0 Å². The fourth-order valence-electron chi connectivity index (χ4n) is 7.62. The fourth-order valence-corrected chi connectivity index (χ4v) is 7.62. The molecule has 0 heterocycles. The van der Waals surface area contributed by atoms with E-state index in [4.69, 9.17) is 0 Å². The predicted molar refractivity (Wildman–Crippen MR) is 94.2 cm³/mol. The molecule has 4 rings (SSSR count). The van der Waals surface area contributed by atoms with Gasteiger partial charge in [0.05, 0.1) is 18.8 Å². The van der Waals surface area contributed by atoms with Gasteiger partial charge in [-0.15, -0.1) is 0 Å². The maximum atomic E-state index is 10.6. The highest BCUT2D eigenvalue weighted by atomic mass is 16.3. The largest absolute Gasteiger partial charge is 0.395 e. The molecular formula is C21H34O3. The van der Waals surface area contributed by atoms with Crippen LogP contribution in [0.2, 0.25) is 0 Å². The van der Waals surface area contributed by atoms with E-state index in [0.717, 1.165) is 38.5 Å². The first kappa shape index (κ1) is 17.1. The summed E-state index contributed by atoms with van der Waals surface area (Å²) in [4.78, 5) is 0. The van der Waals surface area contributed by atoms with E-state index < -0.39 is 0 Å². The van der Waals surface area contributed by atoms with E-state index in [1.165, 1.54) is 5.57 Å². The molecule has 0 amide bonds. The summed E-state index contributed by atoms with van der Waals surface area (Å²) >= 11 is 0. The zero-order chi connectivity index (χ0) is 17.3. The molecule has 0 aromatic rings. The van der Waals surface area contributed by atoms with Crippen molar-refractivity contribution < 1.29 is 15.3 Å². The molecule has 0 aromatic carbocycles. The summed E-state index contributed by atoms with van der Waals surface area (Å²) in [5, 5.41) is 31.4. The number of rotatable bonds is 1. The van der Waals surface area contributed by atoms with Crippen molar-refractivity contribution in [2.24, 2.45) is 40.4 Å². The molecule has 0 bridgehead atoms. The van der Waals surface area contributed by atoms with E-state index in [1.807, 2.05) is 0 Å². The lowest BCUT2D eigenvalue weighted by Gasteiger charge is -2.62. The summed E-state index contributed by atoms with van der Waals surface area (Å²) in [5.41, 5.74) is 1.27. The maximum absolute atomic E-state index is 10.6. The van der Waals surface area contributed by atoms with Crippen molar-refractivity contribution in [2.75, 3.05) is 6.61 Å². The normalized spacial score (nSPS) is 56.9. The van der Waals surface area contributed by atoms with Gasteiger partial charge in [0, 0.05) is 5.41 Å². The van der Waals surface area contributed by atoms with Crippen LogP contribution in [0.3, 0.4) is 0 Å². The number of hydrogen-bond donors (Lipinski definition) is 3. The quantitative estimate of drug-likeness (QED) is 0.646. The smallest absolute Gasteiger partial charge is 0.0726 e. The second kappa shape index (κ2) is 5.56. The van der Waals surface area contributed by atoms with E-state index in [2.05, 4.69) is 26.8 Å². The Labute approximate surface area is 146 Å². The molecule has 3 saturated carbocycles. The van der Waals surface area contributed by atoms with Crippen molar-refractivity contribution in [1.29, 1.82) is 0 Å². The summed E-state index contributed by atoms with van der Waals surface area (Å²) < 4.78 is 0. The van der Waals surface area contributed by atoms with Gasteiger partial charge in [0.15, 0.2) is 0 Å².